The molecule has 1 aliphatic heterocycles. The van der Waals surface area contributed by atoms with Gasteiger partial charge in [-0.25, -0.2) is 0 Å². The summed E-state index contributed by atoms with van der Waals surface area (Å²) < 4.78 is 40.1. The molecule has 6 heteroatoms. The Morgan fingerprint density at radius 2 is 1.68 bits per heavy atom. The van der Waals surface area contributed by atoms with Gasteiger partial charge in [0.15, 0.2) is 0 Å². The van der Waals surface area contributed by atoms with Crippen LogP contribution >= 0.6 is 0 Å². The highest BCUT2D eigenvalue weighted by Gasteiger charge is 2.52. The summed E-state index contributed by atoms with van der Waals surface area (Å²) in [5, 5.41) is 0. The molecule has 0 bridgehead atoms. The summed E-state index contributed by atoms with van der Waals surface area (Å²) in [6.45, 7) is 4.00. The lowest BCUT2D eigenvalue weighted by atomic mass is 9.90. The normalized spacial score (nSPS) is 26.5. The molecule has 2 aliphatic rings. The quantitative estimate of drug-likeness (QED) is 0.626. The van der Waals surface area contributed by atoms with Crippen molar-refractivity contribution in [2.24, 2.45) is 5.92 Å². The summed E-state index contributed by atoms with van der Waals surface area (Å²) in [6, 6.07) is 19.7. The number of alkyl halides is 3. The highest BCUT2D eigenvalue weighted by atomic mass is 19.4. The van der Waals surface area contributed by atoms with Crippen molar-refractivity contribution in [1.82, 2.24) is 9.80 Å². The minimum absolute atomic E-state index is 0.00286. The molecule has 2 unspecified atom stereocenters. The van der Waals surface area contributed by atoms with Crippen molar-refractivity contribution in [3.63, 3.8) is 0 Å². The van der Waals surface area contributed by atoms with Crippen molar-refractivity contribution < 1.29 is 18.0 Å². The van der Waals surface area contributed by atoms with Crippen LogP contribution in [-0.2, 0) is 11.3 Å². The van der Waals surface area contributed by atoms with Gasteiger partial charge in [-0.05, 0) is 49.8 Å². The molecule has 1 amide bonds. The smallest absolute Gasteiger partial charge is 0.331 e. The Balaban J connectivity index is 1.40. The van der Waals surface area contributed by atoms with Crippen LogP contribution in [0.2, 0.25) is 0 Å². The third kappa shape index (κ3) is 5.29. The molecule has 166 valence electrons. The van der Waals surface area contributed by atoms with Gasteiger partial charge in [-0.1, -0.05) is 60.7 Å². The van der Waals surface area contributed by atoms with E-state index in [1.165, 1.54) is 5.56 Å². The standard InChI is InChI=1S/C25H29F3N2O/c1-18-14-20(12-13-29(18)16-19-8-4-2-5-9-19)17-30(24(31)25(26,27)28)23-15-22(23)21-10-6-3-7-11-21/h2-11,18,20,22-23H,12-17H2,1H3/t18?,20?,22-,23+/m0/s1. The summed E-state index contributed by atoms with van der Waals surface area (Å²) in [4.78, 5) is 15.8. The largest absolute Gasteiger partial charge is 0.471 e. The molecule has 1 saturated heterocycles. The average Bonchev–Trinajstić information content (AvgIpc) is 3.55. The predicted octanol–water partition coefficient (Wildman–Crippen LogP) is 5.23. The van der Waals surface area contributed by atoms with Crippen LogP contribution in [0, 0.1) is 5.92 Å². The van der Waals surface area contributed by atoms with Gasteiger partial charge in [-0.3, -0.25) is 9.69 Å². The molecule has 4 rings (SSSR count). The second kappa shape index (κ2) is 9.03. The van der Waals surface area contributed by atoms with Gasteiger partial charge < -0.3 is 4.90 Å². The van der Waals surface area contributed by atoms with E-state index in [9.17, 15) is 18.0 Å². The van der Waals surface area contributed by atoms with E-state index in [1.54, 1.807) is 0 Å². The molecule has 3 nitrogen and oxygen atoms in total. The number of hydrogen-bond acceptors (Lipinski definition) is 2. The maximum Gasteiger partial charge on any atom is 0.471 e. The SMILES string of the molecule is CC1CC(CN(C(=O)C(F)(F)F)[C@@H]2C[C@H]2c2ccccc2)CCN1Cc1ccccc1. The number of piperidine rings is 1. The first-order valence-electron chi connectivity index (χ1n) is 11.0. The van der Waals surface area contributed by atoms with E-state index in [1.807, 2.05) is 48.5 Å². The Morgan fingerprint density at radius 3 is 2.29 bits per heavy atom. The zero-order valence-electron chi connectivity index (χ0n) is 17.8. The third-order valence-electron chi connectivity index (χ3n) is 6.69. The maximum absolute atomic E-state index is 13.4. The Hall–Kier alpha value is -2.34. The van der Waals surface area contributed by atoms with E-state index in [0.29, 0.717) is 6.42 Å². The summed E-state index contributed by atoms with van der Waals surface area (Å²) in [5.74, 6) is -1.59. The van der Waals surface area contributed by atoms with E-state index in [0.717, 1.165) is 36.4 Å². The number of carbonyl (C=O) groups is 1. The molecule has 31 heavy (non-hydrogen) atoms. The van der Waals surface area contributed by atoms with Crippen LogP contribution in [-0.4, -0.2) is 47.1 Å². The fourth-order valence-electron chi connectivity index (χ4n) is 4.93. The zero-order valence-corrected chi connectivity index (χ0v) is 17.8. The van der Waals surface area contributed by atoms with Crippen molar-refractivity contribution in [2.75, 3.05) is 13.1 Å². The van der Waals surface area contributed by atoms with Gasteiger partial charge in [0.25, 0.3) is 0 Å². The molecule has 2 fully saturated rings. The summed E-state index contributed by atoms with van der Waals surface area (Å²) >= 11 is 0. The molecule has 4 atom stereocenters. The van der Waals surface area contributed by atoms with Crippen LogP contribution in [0.15, 0.2) is 60.7 Å². The summed E-state index contributed by atoms with van der Waals surface area (Å²) in [7, 11) is 0. The first kappa shape index (κ1) is 21.9. The molecule has 0 spiro atoms. The number of halogens is 3. The van der Waals surface area contributed by atoms with Gasteiger partial charge in [-0.15, -0.1) is 0 Å². The lowest BCUT2D eigenvalue weighted by Crippen LogP contribution is -2.48. The second-order valence-corrected chi connectivity index (χ2v) is 8.97. The Bertz CT molecular complexity index is 871. The number of benzene rings is 2. The second-order valence-electron chi connectivity index (χ2n) is 8.97. The lowest BCUT2D eigenvalue weighted by Gasteiger charge is -2.39. The molecule has 0 aromatic heterocycles. The van der Waals surface area contributed by atoms with E-state index >= 15 is 0 Å². The molecule has 1 heterocycles. The van der Waals surface area contributed by atoms with Crippen molar-refractivity contribution in [3.8, 4) is 0 Å². The average molecular weight is 431 g/mol. The fraction of sp³-hybridized carbons (Fsp3) is 0.480. The number of rotatable bonds is 6. The van der Waals surface area contributed by atoms with E-state index in [4.69, 9.17) is 0 Å². The van der Waals surface area contributed by atoms with E-state index in [-0.39, 0.29) is 30.5 Å². The summed E-state index contributed by atoms with van der Waals surface area (Å²) in [6.07, 6.45) is -2.61. The highest BCUT2D eigenvalue weighted by Crippen LogP contribution is 2.46. The fourth-order valence-corrected chi connectivity index (χ4v) is 4.93. The number of nitrogens with zero attached hydrogens (tertiary/aromatic N) is 2. The first-order valence-corrected chi connectivity index (χ1v) is 11.0. The van der Waals surface area contributed by atoms with E-state index in [2.05, 4.69) is 24.0 Å². The Labute approximate surface area is 181 Å². The summed E-state index contributed by atoms with van der Waals surface area (Å²) in [5.41, 5.74) is 2.25. The van der Waals surface area contributed by atoms with Gasteiger partial charge >= 0.3 is 12.1 Å². The number of amides is 1. The predicted molar refractivity (Wildman–Crippen MR) is 114 cm³/mol. The van der Waals surface area contributed by atoms with E-state index < -0.39 is 12.1 Å². The number of carbonyl (C=O) groups excluding carboxylic acids is 1. The van der Waals surface area contributed by atoms with Crippen molar-refractivity contribution in [1.29, 1.82) is 0 Å². The van der Waals surface area contributed by atoms with Crippen LogP contribution in [0.3, 0.4) is 0 Å². The molecule has 2 aromatic rings. The maximum atomic E-state index is 13.4. The first-order chi connectivity index (χ1) is 14.8. The Kier molecular flexibility index (Phi) is 6.37. The van der Waals surface area contributed by atoms with Gasteiger partial charge in [0.05, 0.1) is 0 Å². The molecule has 0 radical (unpaired) electrons. The minimum atomic E-state index is -4.83. The van der Waals surface area contributed by atoms with Gasteiger partial charge in [0, 0.05) is 31.1 Å². The van der Waals surface area contributed by atoms with Gasteiger partial charge in [-0.2, -0.15) is 13.2 Å². The minimum Gasteiger partial charge on any atom is -0.331 e. The third-order valence-corrected chi connectivity index (χ3v) is 6.69. The van der Waals surface area contributed by atoms with Crippen LogP contribution in [0.4, 0.5) is 13.2 Å². The van der Waals surface area contributed by atoms with Crippen LogP contribution in [0.5, 0.6) is 0 Å². The van der Waals surface area contributed by atoms with Crippen molar-refractivity contribution in [2.45, 2.75) is 56.9 Å². The van der Waals surface area contributed by atoms with Crippen LogP contribution in [0.25, 0.3) is 0 Å². The topological polar surface area (TPSA) is 23.6 Å². The number of likely N-dealkylation sites (tertiary alicyclic amines) is 1. The molecular weight excluding hydrogens is 401 g/mol. The lowest BCUT2D eigenvalue weighted by molar-refractivity contribution is -0.187. The van der Waals surface area contributed by atoms with Gasteiger partial charge in [0.1, 0.15) is 0 Å². The highest BCUT2D eigenvalue weighted by molar-refractivity contribution is 5.82. The van der Waals surface area contributed by atoms with Crippen molar-refractivity contribution in [3.05, 3.63) is 71.8 Å². The Morgan fingerprint density at radius 1 is 1.03 bits per heavy atom. The van der Waals surface area contributed by atoms with Crippen LogP contribution < -0.4 is 0 Å². The zero-order chi connectivity index (χ0) is 22.0. The molecular formula is C25H29F3N2O. The van der Waals surface area contributed by atoms with Gasteiger partial charge in [0.2, 0.25) is 0 Å². The molecule has 1 saturated carbocycles. The molecule has 1 aliphatic carbocycles. The van der Waals surface area contributed by atoms with Crippen molar-refractivity contribution >= 4 is 5.91 Å². The number of hydrogen-bond donors (Lipinski definition) is 0. The monoisotopic (exact) mass is 430 g/mol. The molecule has 2 aromatic carbocycles. The molecule has 0 N–H and O–H groups in total. The van der Waals surface area contributed by atoms with Crippen LogP contribution in [0.1, 0.15) is 43.2 Å².